The van der Waals surface area contributed by atoms with Crippen LogP contribution in [0.15, 0.2) is 0 Å². The molecule has 0 radical (unpaired) electrons. The summed E-state index contributed by atoms with van der Waals surface area (Å²) in [7, 11) is 0. The van der Waals surface area contributed by atoms with Crippen molar-refractivity contribution in [1.82, 2.24) is 5.32 Å². The highest BCUT2D eigenvalue weighted by Crippen LogP contribution is 2.27. The minimum absolute atomic E-state index is 0.490. The molecule has 0 fully saturated rings. The van der Waals surface area contributed by atoms with Crippen molar-refractivity contribution in [2.24, 2.45) is 11.3 Å². The smallest absolute Gasteiger partial charge is 0.00463 e. The van der Waals surface area contributed by atoms with E-state index in [9.17, 15) is 0 Å². The Kier molecular flexibility index (Phi) is 8.13. The summed E-state index contributed by atoms with van der Waals surface area (Å²) in [4.78, 5) is 0. The molecular weight excluding hydrogens is 182 g/mol. The maximum absolute atomic E-state index is 3.54. The molecule has 92 valence electrons. The maximum atomic E-state index is 3.54. The van der Waals surface area contributed by atoms with Crippen molar-refractivity contribution in [2.75, 3.05) is 13.1 Å². The number of nitrogens with one attached hydrogen (secondary N) is 1. The predicted octanol–water partition coefficient (Wildman–Crippen LogP) is 4.23. The molecule has 0 amide bonds. The highest BCUT2D eigenvalue weighted by molar-refractivity contribution is 4.69. The lowest BCUT2D eigenvalue weighted by molar-refractivity contribution is 0.274. The number of hydrogen-bond donors (Lipinski definition) is 1. The Labute approximate surface area is 97.0 Å². The second kappa shape index (κ2) is 8.15. The lowest BCUT2D eigenvalue weighted by Gasteiger charge is -2.25. The maximum Gasteiger partial charge on any atom is -0.00463 e. The molecular formula is C14H31N. The van der Waals surface area contributed by atoms with Gasteiger partial charge in [-0.15, -0.1) is 0 Å². The summed E-state index contributed by atoms with van der Waals surface area (Å²) in [5, 5.41) is 3.54. The van der Waals surface area contributed by atoms with Crippen LogP contribution in [0.5, 0.6) is 0 Å². The molecule has 0 bridgehead atoms. The predicted molar refractivity (Wildman–Crippen MR) is 70.2 cm³/mol. The number of unbranched alkanes of at least 4 members (excludes halogenated alkanes) is 1. The average Bonchev–Trinajstić information content (AvgIpc) is 2.14. The van der Waals surface area contributed by atoms with Gasteiger partial charge in [-0.2, -0.15) is 0 Å². The second-order valence-corrected chi connectivity index (χ2v) is 5.93. The summed E-state index contributed by atoms with van der Waals surface area (Å²) >= 11 is 0. The van der Waals surface area contributed by atoms with Gasteiger partial charge in [0.2, 0.25) is 0 Å². The topological polar surface area (TPSA) is 12.0 Å². The molecule has 1 N–H and O–H groups in total. The Morgan fingerprint density at radius 3 is 2.20 bits per heavy atom. The molecule has 0 saturated carbocycles. The zero-order chi connectivity index (χ0) is 11.7. The van der Waals surface area contributed by atoms with Gasteiger partial charge in [0.15, 0.2) is 0 Å². The summed E-state index contributed by atoms with van der Waals surface area (Å²) in [6.45, 7) is 14.0. The van der Waals surface area contributed by atoms with Crippen molar-refractivity contribution in [2.45, 2.75) is 66.7 Å². The minimum atomic E-state index is 0.490. The third-order valence-electron chi connectivity index (χ3n) is 2.91. The molecule has 1 atom stereocenters. The van der Waals surface area contributed by atoms with Crippen molar-refractivity contribution in [3.8, 4) is 0 Å². The van der Waals surface area contributed by atoms with Crippen molar-refractivity contribution in [1.29, 1.82) is 0 Å². The first-order valence-corrected chi connectivity index (χ1v) is 6.70. The van der Waals surface area contributed by atoms with E-state index in [-0.39, 0.29) is 0 Å². The molecule has 0 aliphatic carbocycles. The quantitative estimate of drug-likeness (QED) is 0.595. The first-order chi connectivity index (χ1) is 6.99. The van der Waals surface area contributed by atoms with E-state index >= 15 is 0 Å². The zero-order valence-electron chi connectivity index (χ0n) is 11.5. The molecule has 0 saturated heterocycles. The first-order valence-electron chi connectivity index (χ1n) is 6.70. The minimum Gasteiger partial charge on any atom is -0.317 e. The Hall–Kier alpha value is -0.0400. The number of rotatable bonds is 8. The SMILES string of the molecule is CCCCNCCC(CC)CC(C)(C)C. The van der Waals surface area contributed by atoms with Gasteiger partial charge in [0.1, 0.15) is 0 Å². The normalized spacial score (nSPS) is 14.2. The van der Waals surface area contributed by atoms with Crippen LogP contribution in [0.25, 0.3) is 0 Å². The number of hydrogen-bond acceptors (Lipinski definition) is 1. The zero-order valence-corrected chi connectivity index (χ0v) is 11.5. The van der Waals surface area contributed by atoms with Crippen molar-refractivity contribution < 1.29 is 0 Å². The Bertz CT molecular complexity index is 135. The lowest BCUT2D eigenvalue weighted by atomic mass is 9.82. The van der Waals surface area contributed by atoms with Crippen LogP contribution >= 0.6 is 0 Å². The third-order valence-corrected chi connectivity index (χ3v) is 2.91. The van der Waals surface area contributed by atoms with Crippen LogP contribution in [0.1, 0.15) is 66.7 Å². The summed E-state index contributed by atoms with van der Waals surface area (Å²) in [5.74, 6) is 0.902. The Balaban J connectivity index is 3.53. The van der Waals surface area contributed by atoms with Gasteiger partial charge in [-0.25, -0.2) is 0 Å². The van der Waals surface area contributed by atoms with Crippen LogP contribution in [0.2, 0.25) is 0 Å². The van der Waals surface area contributed by atoms with Gasteiger partial charge >= 0.3 is 0 Å². The van der Waals surface area contributed by atoms with Gasteiger partial charge in [0, 0.05) is 0 Å². The molecule has 0 aliphatic rings. The van der Waals surface area contributed by atoms with Crippen molar-refractivity contribution in [3.63, 3.8) is 0 Å². The largest absolute Gasteiger partial charge is 0.317 e. The van der Waals surface area contributed by atoms with E-state index < -0.39 is 0 Å². The molecule has 0 aliphatic heterocycles. The van der Waals surface area contributed by atoms with E-state index in [1.165, 1.54) is 45.2 Å². The highest BCUT2D eigenvalue weighted by atomic mass is 14.8. The van der Waals surface area contributed by atoms with E-state index in [1.54, 1.807) is 0 Å². The van der Waals surface area contributed by atoms with Crippen molar-refractivity contribution >= 4 is 0 Å². The Morgan fingerprint density at radius 2 is 1.73 bits per heavy atom. The van der Waals surface area contributed by atoms with Crippen LogP contribution < -0.4 is 5.32 Å². The molecule has 1 unspecified atom stereocenters. The first kappa shape index (κ1) is 15.0. The van der Waals surface area contributed by atoms with Crippen LogP contribution in [-0.4, -0.2) is 13.1 Å². The summed E-state index contributed by atoms with van der Waals surface area (Å²) < 4.78 is 0. The fraction of sp³-hybridized carbons (Fsp3) is 1.00. The van der Waals surface area contributed by atoms with Gasteiger partial charge in [-0.1, -0.05) is 47.5 Å². The van der Waals surface area contributed by atoms with Gasteiger partial charge < -0.3 is 5.32 Å². The fourth-order valence-electron chi connectivity index (χ4n) is 2.05. The summed E-state index contributed by atoms with van der Waals surface area (Å²) in [5.41, 5.74) is 0.490. The van der Waals surface area contributed by atoms with Gasteiger partial charge in [0.05, 0.1) is 0 Å². The van der Waals surface area contributed by atoms with Crippen LogP contribution in [0.3, 0.4) is 0 Å². The van der Waals surface area contributed by atoms with Gasteiger partial charge in [-0.05, 0) is 43.7 Å². The molecule has 0 aromatic heterocycles. The molecule has 0 rings (SSSR count). The van der Waals surface area contributed by atoms with Crippen LogP contribution in [0.4, 0.5) is 0 Å². The molecule has 0 aromatic rings. The van der Waals surface area contributed by atoms with E-state index in [0.717, 1.165) is 5.92 Å². The van der Waals surface area contributed by atoms with Crippen LogP contribution in [0, 0.1) is 11.3 Å². The third kappa shape index (κ3) is 10.2. The molecule has 0 heterocycles. The van der Waals surface area contributed by atoms with Gasteiger partial charge in [0.25, 0.3) is 0 Å². The molecule has 1 heteroatoms. The van der Waals surface area contributed by atoms with Crippen molar-refractivity contribution in [3.05, 3.63) is 0 Å². The Morgan fingerprint density at radius 1 is 1.07 bits per heavy atom. The molecule has 0 aromatic carbocycles. The molecule has 15 heavy (non-hydrogen) atoms. The highest BCUT2D eigenvalue weighted by Gasteiger charge is 2.16. The monoisotopic (exact) mass is 213 g/mol. The van der Waals surface area contributed by atoms with E-state index in [1.807, 2.05) is 0 Å². The van der Waals surface area contributed by atoms with E-state index in [2.05, 4.69) is 39.9 Å². The summed E-state index contributed by atoms with van der Waals surface area (Å²) in [6.07, 6.45) is 6.64. The van der Waals surface area contributed by atoms with Gasteiger partial charge in [-0.3, -0.25) is 0 Å². The van der Waals surface area contributed by atoms with Crippen LogP contribution in [-0.2, 0) is 0 Å². The van der Waals surface area contributed by atoms with E-state index in [0.29, 0.717) is 5.41 Å². The molecule has 1 nitrogen and oxygen atoms in total. The summed E-state index contributed by atoms with van der Waals surface area (Å²) in [6, 6.07) is 0. The lowest BCUT2D eigenvalue weighted by Crippen LogP contribution is -2.21. The fourth-order valence-corrected chi connectivity index (χ4v) is 2.05. The standard InChI is InChI=1S/C14H31N/c1-6-8-10-15-11-9-13(7-2)12-14(3,4)5/h13,15H,6-12H2,1-5H3. The molecule has 0 spiro atoms. The second-order valence-electron chi connectivity index (χ2n) is 5.93. The average molecular weight is 213 g/mol. The van der Waals surface area contributed by atoms with E-state index in [4.69, 9.17) is 0 Å².